The Kier molecular flexibility index (Phi) is 3.76. The van der Waals surface area contributed by atoms with E-state index in [0.717, 1.165) is 0 Å². The van der Waals surface area contributed by atoms with Gasteiger partial charge in [0.15, 0.2) is 0 Å². The molecule has 0 bridgehead atoms. The lowest BCUT2D eigenvalue weighted by Crippen LogP contribution is -2.04. The fraction of sp³-hybridized carbons (Fsp3) is 0.133. The van der Waals surface area contributed by atoms with Gasteiger partial charge in [-0.15, -0.1) is 0 Å². The zero-order valence-electron chi connectivity index (χ0n) is 10.4. The van der Waals surface area contributed by atoms with E-state index in [9.17, 15) is 8.78 Å². The Labute approximate surface area is 110 Å². The zero-order valence-corrected chi connectivity index (χ0v) is 10.4. The average Bonchev–Trinajstić information content (AvgIpc) is 2.40. The predicted molar refractivity (Wildman–Crippen MR) is 69.6 cm³/mol. The molecule has 0 fully saturated rings. The van der Waals surface area contributed by atoms with Gasteiger partial charge in [0.1, 0.15) is 11.6 Å². The molecule has 19 heavy (non-hydrogen) atoms. The van der Waals surface area contributed by atoms with E-state index < -0.39 is 5.82 Å². The maximum Gasteiger partial charge on any atom is 0.128 e. The van der Waals surface area contributed by atoms with Crippen molar-refractivity contribution in [1.82, 2.24) is 0 Å². The first kappa shape index (κ1) is 13.0. The minimum atomic E-state index is -0.397. The van der Waals surface area contributed by atoms with Gasteiger partial charge in [-0.3, -0.25) is 0 Å². The monoisotopic (exact) mass is 258 g/mol. The van der Waals surface area contributed by atoms with Crippen LogP contribution in [0.5, 0.6) is 0 Å². The third-order valence-corrected chi connectivity index (χ3v) is 2.92. The number of hydrogen-bond donors (Lipinski definition) is 1. The van der Waals surface area contributed by atoms with E-state index >= 15 is 0 Å². The third-order valence-electron chi connectivity index (χ3n) is 2.92. The predicted octanol–water partition coefficient (Wildman–Crippen LogP) is 3.76. The molecule has 2 nitrogen and oxygen atoms in total. The second-order valence-electron chi connectivity index (χ2n) is 4.18. The average molecular weight is 258 g/mol. The number of nitrogens with one attached hydrogen (secondary N) is 1. The maximum atomic E-state index is 13.4. The summed E-state index contributed by atoms with van der Waals surface area (Å²) in [6, 6.07) is 10.7. The topological polar surface area (TPSA) is 35.8 Å². The van der Waals surface area contributed by atoms with Gasteiger partial charge in [-0.05, 0) is 42.8 Å². The molecule has 4 heteroatoms. The van der Waals surface area contributed by atoms with Gasteiger partial charge >= 0.3 is 0 Å². The number of nitriles is 1. The van der Waals surface area contributed by atoms with E-state index in [1.165, 1.54) is 24.3 Å². The fourth-order valence-electron chi connectivity index (χ4n) is 1.81. The van der Waals surface area contributed by atoms with Crippen LogP contribution in [0.4, 0.5) is 14.5 Å². The van der Waals surface area contributed by atoms with Crippen molar-refractivity contribution in [2.45, 2.75) is 13.5 Å². The number of nitrogens with zero attached hydrogens (tertiary/aromatic N) is 1. The van der Waals surface area contributed by atoms with Crippen LogP contribution in [0.1, 0.15) is 16.7 Å². The number of hydrogen-bond acceptors (Lipinski definition) is 2. The van der Waals surface area contributed by atoms with Crippen LogP contribution in [0.25, 0.3) is 0 Å². The molecule has 0 spiro atoms. The summed E-state index contributed by atoms with van der Waals surface area (Å²) in [4.78, 5) is 0. The van der Waals surface area contributed by atoms with Gasteiger partial charge in [0, 0.05) is 17.8 Å². The summed E-state index contributed by atoms with van der Waals surface area (Å²) in [7, 11) is 0. The van der Waals surface area contributed by atoms with Crippen LogP contribution in [0, 0.1) is 29.9 Å². The van der Waals surface area contributed by atoms with Crippen molar-refractivity contribution in [2.24, 2.45) is 0 Å². The highest BCUT2D eigenvalue weighted by molar-refractivity contribution is 5.52. The van der Waals surface area contributed by atoms with Gasteiger partial charge in [-0.25, -0.2) is 8.78 Å². The van der Waals surface area contributed by atoms with Gasteiger partial charge in [0.05, 0.1) is 11.6 Å². The molecule has 0 aromatic heterocycles. The number of rotatable bonds is 3. The normalized spacial score (nSPS) is 10.0. The summed E-state index contributed by atoms with van der Waals surface area (Å²) in [6.07, 6.45) is 0. The second kappa shape index (κ2) is 5.49. The summed E-state index contributed by atoms with van der Waals surface area (Å²) in [5.74, 6) is -0.698. The number of benzene rings is 2. The molecule has 0 saturated heterocycles. The van der Waals surface area contributed by atoms with Crippen molar-refractivity contribution in [2.75, 3.05) is 5.32 Å². The first-order chi connectivity index (χ1) is 9.11. The molecule has 0 aliphatic rings. The highest BCUT2D eigenvalue weighted by Crippen LogP contribution is 2.19. The van der Waals surface area contributed by atoms with Crippen LogP contribution in [0.3, 0.4) is 0 Å². The smallest absolute Gasteiger partial charge is 0.128 e. The van der Waals surface area contributed by atoms with Crippen LogP contribution in [-0.4, -0.2) is 0 Å². The van der Waals surface area contributed by atoms with Gasteiger partial charge in [0.25, 0.3) is 0 Å². The van der Waals surface area contributed by atoms with Crippen molar-refractivity contribution < 1.29 is 8.78 Å². The van der Waals surface area contributed by atoms with Crippen molar-refractivity contribution in [3.63, 3.8) is 0 Å². The quantitative estimate of drug-likeness (QED) is 0.909. The number of halogens is 2. The van der Waals surface area contributed by atoms with E-state index in [4.69, 9.17) is 5.26 Å². The van der Waals surface area contributed by atoms with Crippen LogP contribution in [0.15, 0.2) is 36.4 Å². The van der Waals surface area contributed by atoms with Gasteiger partial charge in [-0.2, -0.15) is 5.26 Å². The molecule has 2 aromatic carbocycles. The maximum absolute atomic E-state index is 13.4. The first-order valence-corrected chi connectivity index (χ1v) is 5.79. The fourth-order valence-corrected chi connectivity index (χ4v) is 1.81. The lowest BCUT2D eigenvalue weighted by molar-refractivity contribution is 0.618. The van der Waals surface area contributed by atoms with E-state index in [-0.39, 0.29) is 12.4 Å². The highest BCUT2D eigenvalue weighted by Gasteiger charge is 2.06. The Morgan fingerprint density at radius 2 is 2.00 bits per heavy atom. The molecule has 0 heterocycles. The molecule has 1 N–H and O–H groups in total. The van der Waals surface area contributed by atoms with Gasteiger partial charge < -0.3 is 5.32 Å². The molecule has 0 unspecified atom stereocenters. The van der Waals surface area contributed by atoms with Gasteiger partial charge in [0.2, 0.25) is 0 Å². The minimum absolute atomic E-state index is 0.269. The zero-order chi connectivity index (χ0) is 13.8. The molecule has 0 amide bonds. The Balaban J connectivity index is 2.21. The van der Waals surface area contributed by atoms with Crippen LogP contribution in [-0.2, 0) is 6.54 Å². The molecule has 0 atom stereocenters. The molecular weight excluding hydrogens is 246 g/mol. The van der Waals surface area contributed by atoms with E-state index in [1.54, 1.807) is 19.1 Å². The lowest BCUT2D eigenvalue weighted by atomic mass is 10.1. The van der Waals surface area contributed by atoms with Gasteiger partial charge in [-0.1, -0.05) is 6.07 Å². The Morgan fingerprint density at radius 3 is 2.74 bits per heavy atom. The molecule has 96 valence electrons. The Hall–Kier alpha value is -2.41. The standard InChI is InChI=1S/C15H12F2N2/c1-10-14(17)3-2-4-15(10)19-9-12-7-13(16)6-5-11(12)8-18/h2-7,19H,9H2,1H3. The molecule has 0 aliphatic heterocycles. The summed E-state index contributed by atoms with van der Waals surface area (Å²) in [5, 5.41) is 12.0. The summed E-state index contributed by atoms with van der Waals surface area (Å²) >= 11 is 0. The summed E-state index contributed by atoms with van der Waals surface area (Å²) in [6.45, 7) is 1.93. The summed E-state index contributed by atoms with van der Waals surface area (Å²) < 4.78 is 26.5. The van der Waals surface area contributed by atoms with Crippen LogP contribution >= 0.6 is 0 Å². The molecule has 0 aliphatic carbocycles. The molecule has 2 rings (SSSR count). The SMILES string of the molecule is Cc1c(F)cccc1NCc1cc(F)ccc1C#N. The molecule has 0 radical (unpaired) electrons. The first-order valence-electron chi connectivity index (χ1n) is 5.79. The van der Waals surface area contributed by atoms with E-state index in [1.807, 2.05) is 6.07 Å². The van der Waals surface area contributed by atoms with Crippen LogP contribution in [0.2, 0.25) is 0 Å². The minimum Gasteiger partial charge on any atom is -0.381 e. The van der Waals surface area contributed by atoms with Crippen LogP contribution < -0.4 is 5.32 Å². The molecule has 0 saturated carbocycles. The van der Waals surface area contributed by atoms with E-state index in [2.05, 4.69) is 5.32 Å². The second-order valence-corrected chi connectivity index (χ2v) is 4.18. The lowest BCUT2D eigenvalue weighted by Gasteiger charge is -2.11. The van der Waals surface area contributed by atoms with Crippen molar-refractivity contribution in [1.29, 1.82) is 5.26 Å². The third kappa shape index (κ3) is 2.89. The highest BCUT2D eigenvalue weighted by atomic mass is 19.1. The number of anilines is 1. The Morgan fingerprint density at radius 1 is 1.21 bits per heavy atom. The van der Waals surface area contributed by atoms with Crippen molar-refractivity contribution in [3.8, 4) is 6.07 Å². The summed E-state index contributed by atoms with van der Waals surface area (Å²) in [5.41, 5.74) is 2.08. The van der Waals surface area contributed by atoms with Crippen molar-refractivity contribution >= 4 is 5.69 Å². The molecular formula is C15H12F2N2. The van der Waals surface area contributed by atoms with Crippen molar-refractivity contribution in [3.05, 3.63) is 64.7 Å². The largest absolute Gasteiger partial charge is 0.381 e. The molecule has 2 aromatic rings. The Bertz CT molecular complexity index is 645. The van der Waals surface area contributed by atoms with E-state index in [0.29, 0.717) is 22.4 Å².